The molecule has 0 radical (unpaired) electrons. The van der Waals surface area contributed by atoms with Crippen molar-refractivity contribution in [1.82, 2.24) is 0 Å². The summed E-state index contributed by atoms with van der Waals surface area (Å²) in [6.45, 7) is 7.22. The Morgan fingerprint density at radius 2 is 1.50 bits per heavy atom. The fourth-order valence-electron chi connectivity index (χ4n) is 1.99. The van der Waals surface area contributed by atoms with E-state index >= 15 is 0 Å². The molecule has 0 fully saturated rings. The van der Waals surface area contributed by atoms with Crippen molar-refractivity contribution in [1.29, 1.82) is 0 Å². The van der Waals surface area contributed by atoms with Crippen molar-refractivity contribution in [3.63, 3.8) is 0 Å². The van der Waals surface area contributed by atoms with Crippen LogP contribution >= 0.6 is 0 Å². The number of rotatable bonds is 3. The maximum absolute atomic E-state index is 9.23. The second kappa shape index (κ2) is 5.13. The highest BCUT2D eigenvalue weighted by atomic mass is 16.3. The summed E-state index contributed by atoms with van der Waals surface area (Å²) in [5, 5.41) is 12.6. The van der Waals surface area contributed by atoms with Gasteiger partial charge in [-0.3, -0.25) is 0 Å². The maximum Gasteiger partial charge on any atom is 0.115 e. The van der Waals surface area contributed by atoms with Crippen LogP contribution in [-0.2, 0) is 6.54 Å². The third-order valence-electron chi connectivity index (χ3n) is 3.30. The van der Waals surface area contributed by atoms with Gasteiger partial charge in [0.05, 0.1) is 0 Å². The van der Waals surface area contributed by atoms with Gasteiger partial charge in [-0.25, -0.2) is 0 Å². The molecule has 2 nitrogen and oxygen atoms in total. The zero-order chi connectivity index (χ0) is 13.1. The highest BCUT2D eigenvalue weighted by molar-refractivity contribution is 5.47. The summed E-state index contributed by atoms with van der Waals surface area (Å²) in [7, 11) is 0. The topological polar surface area (TPSA) is 32.3 Å². The lowest BCUT2D eigenvalue weighted by atomic mass is 10.0. The summed E-state index contributed by atoms with van der Waals surface area (Å²) in [5.74, 6) is 0.294. The van der Waals surface area contributed by atoms with Crippen molar-refractivity contribution in [3.8, 4) is 5.75 Å². The summed E-state index contributed by atoms with van der Waals surface area (Å²) in [4.78, 5) is 0. The third kappa shape index (κ3) is 2.83. The number of hydrogen-bond acceptors (Lipinski definition) is 2. The Bertz CT molecular complexity index is 544. The van der Waals surface area contributed by atoms with Gasteiger partial charge in [-0.05, 0) is 67.3 Å². The predicted molar refractivity (Wildman–Crippen MR) is 76.1 cm³/mol. The minimum Gasteiger partial charge on any atom is -0.508 e. The van der Waals surface area contributed by atoms with Crippen LogP contribution in [0, 0.1) is 20.8 Å². The van der Waals surface area contributed by atoms with E-state index in [-0.39, 0.29) is 0 Å². The van der Waals surface area contributed by atoms with Crippen LogP contribution in [0.2, 0.25) is 0 Å². The first-order valence-corrected chi connectivity index (χ1v) is 6.16. The number of hydrogen-bond donors (Lipinski definition) is 2. The molecule has 18 heavy (non-hydrogen) atoms. The zero-order valence-corrected chi connectivity index (χ0v) is 11.1. The average molecular weight is 241 g/mol. The molecule has 0 bridgehead atoms. The number of phenols is 1. The van der Waals surface area contributed by atoms with E-state index in [4.69, 9.17) is 0 Å². The molecule has 0 unspecified atom stereocenters. The van der Waals surface area contributed by atoms with E-state index in [1.165, 1.54) is 22.3 Å². The van der Waals surface area contributed by atoms with Crippen molar-refractivity contribution < 1.29 is 5.11 Å². The van der Waals surface area contributed by atoms with Crippen molar-refractivity contribution >= 4 is 5.69 Å². The largest absolute Gasteiger partial charge is 0.508 e. The molecular weight excluding hydrogens is 222 g/mol. The van der Waals surface area contributed by atoms with Crippen molar-refractivity contribution in [2.24, 2.45) is 0 Å². The van der Waals surface area contributed by atoms with Gasteiger partial charge in [0.2, 0.25) is 0 Å². The van der Waals surface area contributed by atoms with Gasteiger partial charge in [-0.1, -0.05) is 12.1 Å². The fraction of sp³-hybridized carbons (Fsp3) is 0.250. The van der Waals surface area contributed by atoms with Gasteiger partial charge in [-0.2, -0.15) is 0 Å². The lowest BCUT2D eigenvalue weighted by Crippen LogP contribution is -2.02. The average Bonchev–Trinajstić information content (AvgIpc) is 2.34. The van der Waals surface area contributed by atoms with E-state index < -0.39 is 0 Å². The van der Waals surface area contributed by atoms with Crippen LogP contribution in [-0.4, -0.2) is 5.11 Å². The highest BCUT2D eigenvalue weighted by Crippen LogP contribution is 2.18. The molecule has 0 saturated heterocycles. The molecule has 0 spiro atoms. The first kappa shape index (κ1) is 12.5. The van der Waals surface area contributed by atoms with Crippen LogP contribution in [0.4, 0.5) is 5.69 Å². The Morgan fingerprint density at radius 1 is 0.889 bits per heavy atom. The number of aryl methyl sites for hydroxylation is 3. The molecule has 0 aromatic heterocycles. The zero-order valence-electron chi connectivity index (χ0n) is 11.1. The molecule has 0 aliphatic heterocycles. The van der Waals surface area contributed by atoms with Gasteiger partial charge in [0, 0.05) is 12.2 Å². The van der Waals surface area contributed by atoms with E-state index in [0.29, 0.717) is 5.75 Å². The van der Waals surface area contributed by atoms with Crippen LogP contribution in [0.25, 0.3) is 0 Å². The summed E-state index contributed by atoms with van der Waals surface area (Å²) >= 11 is 0. The lowest BCUT2D eigenvalue weighted by Gasteiger charge is -2.12. The number of anilines is 1. The summed E-state index contributed by atoms with van der Waals surface area (Å²) < 4.78 is 0. The smallest absolute Gasteiger partial charge is 0.115 e. The Morgan fingerprint density at radius 3 is 2.17 bits per heavy atom. The minimum atomic E-state index is 0.294. The molecule has 94 valence electrons. The normalized spacial score (nSPS) is 10.4. The summed E-state index contributed by atoms with van der Waals surface area (Å²) in [6, 6.07) is 11.6. The van der Waals surface area contributed by atoms with Crippen LogP contribution in [0.15, 0.2) is 36.4 Å². The van der Waals surface area contributed by atoms with E-state index in [2.05, 4.69) is 38.2 Å². The van der Waals surface area contributed by atoms with Gasteiger partial charge in [-0.15, -0.1) is 0 Å². The van der Waals surface area contributed by atoms with Crippen molar-refractivity contribution in [3.05, 3.63) is 58.7 Å². The molecule has 2 rings (SSSR count). The molecular formula is C16H19NO. The van der Waals surface area contributed by atoms with E-state index in [1.807, 2.05) is 12.1 Å². The molecule has 0 aliphatic rings. The van der Waals surface area contributed by atoms with Crippen LogP contribution < -0.4 is 5.32 Å². The van der Waals surface area contributed by atoms with Gasteiger partial charge in [0.1, 0.15) is 5.75 Å². The first-order valence-electron chi connectivity index (χ1n) is 6.16. The van der Waals surface area contributed by atoms with Gasteiger partial charge in [0.25, 0.3) is 0 Å². The number of phenolic OH excluding ortho intramolecular Hbond substituents is 1. The molecule has 0 aliphatic carbocycles. The molecule has 0 atom stereocenters. The summed E-state index contributed by atoms with van der Waals surface area (Å²) in [5.41, 5.74) is 6.30. The second-order valence-corrected chi connectivity index (χ2v) is 4.76. The molecule has 0 saturated carbocycles. The number of nitrogens with one attached hydrogen (secondary N) is 1. The molecule has 2 N–H and O–H groups in total. The molecule has 2 heteroatoms. The molecule has 2 aromatic rings. The van der Waals surface area contributed by atoms with Crippen LogP contribution in [0.1, 0.15) is 22.3 Å². The van der Waals surface area contributed by atoms with E-state index in [0.717, 1.165) is 12.2 Å². The molecule has 2 aromatic carbocycles. The minimum absolute atomic E-state index is 0.294. The Hall–Kier alpha value is -1.96. The summed E-state index contributed by atoms with van der Waals surface area (Å²) in [6.07, 6.45) is 0. The lowest BCUT2D eigenvalue weighted by molar-refractivity contribution is 0.475. The third-order valence-corrected chi connectivity index (χ3v) is 3.30. The number of aromatic hydroxyl groups is 1. The monoisotopic (exact) mass is 241 g/mol. The van der Waals surface area contributed by atoms with Crippen molar-refractivity contribution in [2.45, 2.75) is 27.3 Å². The Balaban J connectivity index is 2.10. The Kier molecular flexibility index (Phi) is 3.56. The standard InChI is InChI=1S/C16H19NO/c1-11-8-13(3)14(9-12(11)2)10-17-15-4-6-16(18)7-5-15/h4-9,17-18H,10H2,1-3H3. The highest BCUT2D eigenvalue weighted by Gasteiger charge is 2.02. The second-order valence-electron chi connectivity index (χ2n) is 4.76. The van der Waals surface area contributed by atoms with Gasteiger partial charge < -0.3 is 10.4 Å². The van der Waals surface area contributed by atoms with Gasteiger partial charge in [0.15, 0.2) is 0 Å². The first-order chi connectivity index (χ1) is 8.56. The molecule has 0 amide bonds. The van der Waals surface area contributed by atoms with Crippen LogP contribution in [0.5, 0.6) is 5.75 Å². The quantitative estimate of drug-likeness (QED) is 0.798. The predicted octanol–water partition coefficient (Wildman–Crippen LogP) is 3.93. The molecule has 0 heterocycles. The van der Waals surface area contributed by atoms with E-state index in [9.17, 15) is 5.11 Å². The fourth-order valence-corrected chi connectivity index (χ4v) is 1.99. The SMILES string of the molecule is Cc1cc(C)c(CNc2ccc(O)cc2)cc1C. The van der Waals surface area contributed by atoms with Crippen molar-refractivity contribution in [2.75, 3.05) is 5.32 Å². The van der Waals surface area contributed by atoms with Gasteiger partial charge >= 0.3 is 0 Å². The van der Waals surface area contributed by atoms with E-state index in [1.54, 1.807) is 12.1 Å². The maximum atomic E-state index is 9.23. The van der Waals surface area contributed by atoms with Crippen LogP contribution in [0.3, 0.4) is 0 Å². The Labute approximate surface area is 108 Å². The number of benzene rings is 2.